The zero-order valence-corrected chi connectivity index (χ0v) is 39.1. The molecule has 0 bridgehead atoms. The molecule has 0 saturated carbocycles. The minimum Gasteiger partial charge on any atom is -0.507 e. The quantitative estimate of drug-likeness (QED) is 0.166. The monoisotopic (exact) mass is 781 g/mol. The van der Waals surface area contributed by atoms with E-state index < -0.39 is 0 Å². The fourth-order valence-corrected chi connectivity index (χ4v) is 8.16. The second-order valence-electron chi connectivity index (χ2n) is 23.0. The van der Waals surface area contributed by atoms with Crippen LogP contribution in [0.15, 0.2) is 78.9 Å². The van der Waals surface area contributed by atoms with E-state index in [1.807, 2.05) is 0 Å². The molecule has 0 aliphatic heterocycles. The van der Waals surface area contributed by atoms with Crippen molar-refractivity contribution in [3.63, 3.8) is 0 Å². The number of hydrogen-bond acceptors (Lipinski definition) is 3. The summed E-state index contributed by atoms with van der Waals surface area (Å²) in [5.74, 6) is 1.07. The number of hydrogen-bond donors (Lipinski definition) is 3. The Morgan fingerprint density at radius 2 is 0.569 bits per heavy atom. The molecule has 0 atom stereocenters. The topological polar surface area (TPSA) is 60.7 Å². The van der Waals surface area contributed by atoms with Gasteiger partial charge in [0.1, 0.15) is 17.2 Å². The molecule has 0 aliphatic rings. The van der Waals surface area contributed by atoms with Gasteiger partial charge in [-0.25, -0.2) is 0 Å². The number of phenolic OH excluding ortho intramolecular Hbond substituents is 3. The van der Waals surface area contributed by atoms with Gasteiger partial charge in [-0.05, 0) is 132 Å². The Morgan fingerprint density at radius 3 is 0.828 bits per heavy atom. The van der Waals surface area contributed by atoms with Gasteiger partial charge < -0.3 is 15.3 Å². The van der Waals surface area contributed by atoms with E-state index in [2.05, 4.69) is 203 Å². The molecule has 3 nitrogen and oxygen atoms in total. The molecule has 0 spiro atoms. The van der Waals surface area contributed by atoms with Crippen LogP contribution in [0.2, 0.25) is 0 Å². The Hall–Kier alpha value is -4.50. The molecule has 0 unspecified atom stereocenters. The highest BCUT2D eigenvalue weighted by molar-refractivity contribution is 5.88. The summed E-state index contributed by atoms with van der Waals surface area (Å²) in [7, 11) is 0. The van der Waals surface area contributed by atoms with E-state index in [9.17, 15) is 15.3 Å². The summed E-state index contributed by atoms with van der Waals surface area (Å²) >= 11 is 0. The van der Waals surface area contributed by atoms with Gasteiger partial charge in [0.05, 0.1) is 0 Å². The molecule has 5 rings (SSSR count). The summed E-state index contributed by atoms with van der Waals surface area (Å²) in [6, 6.07) is 28.5. The third kappa shape index (κ3) is 9.20. The van der Waals surface area contributed by atoms with Crippen LogP contribution < -0.4 is 0 Å². The average molecular weight is 781 g/mol. The second-order valence-corrected chi connectivity index (χ2v) is 23.0. The van der Waals surface area contributed by atoms with Crippen LogP contribution >= 0.6 is 0 Å². The van der Waals surface area contributed by atoms with Crippen LogP contribution in [0, 0.1) is 0 Å². The zero-order chi connectivity index (χ0) is 43.7. The summed E-state index contributed by atoms with van der Waals surface area (Å²) in [6.45, 7) is 39.0. The van der Waals surface area contributed by atoms with Gasteiger partial charge in [0.2, 0.25) is 0 Å². The van der Waals surface area contributed by atoms with Crippen molar-refractivity contribution in [1.29, 1.82) is 0 Å². The fraction of sp³-hybridized carbons (Fsp3) is 0.455. The standard InChI is InChI=1S/C55H72O3/c1-50(2,3)41-27-35(28-42(47(41)56)51(4,5)6)34-25-38(36-29-43(52(7,8)9)48(57)44(30-36)53(10,11)12)40(24-33-22-20-19-21-23-33)39(26-34)37-31-45(54(13,14)15)49(58)46(32-37)55(16,17)18/h19-23,25-32,56-58H,24H2,1-18H3. The lowest BCUT2D eigenvalue weighted by molar-refractivity contribution is 0.422. The molecule has 310 valence electrons. The van der Waals surface area contributed by atoms with Crippen molar-refractivity contribution in [2.75, 3.05) is 0 Å². The molecule has 0 fully saturated rings. The molecule has 0 saturated heterocycles. The first kappa shape index (κ1) is 44.6. The molecule has 3 N–H and O–H groups in total. The summed E-state index contributed by atoms with van der Waals surface area (Å²) in [5.41, 5.74) is 12.4. The van der Waals surface area contributed by atoms with Gasteiger partial charge in [-0.2, -0.15) is 0 Å². The zero-order valence-electron chi connectivity index (χ0n) is 39.1. The number of phenols is 3. The van der Waals surface area contributed by atoms with Crippen LogP contribution in [0.5, 0.6) is 17.2 Å². The molecular formula is C55H72O3. The van der Waals surface area contributed by atoms with Crippen molar-refractivity contribution in [2.45, 2.75) is 164 Å². The van der Waals surface area contributed by atoms with E-state index in [-0.39, 0.29) is 32.5 Å². The Kier molecular flexibility index (Phi) is 11.5. The molecule has 0 aliphatic carbocycles. The molecule has 0 aromatic heterocycles. The van der Waals surface area contributed by atoms with Crippen LogP contribution in [0.1, 0.15) is 169 Å². The lowest BCUT2D eigenvalue weighted by Gasteiger charge is -2.30. The molecule has 0 heterocycles. The van der Waals surface area contributed by atoms with Crippen molar-refractivity contribution in [2.24, 2.45) is 0 Å². The number of benzene rings is 5. The third-order valence-electron chi connectivity index (χ3n) is 11.6. The van der Waals surface area contributed by atoms with Gasteiger partial charge in [0.25, 0.3) is 0 Å². The maximum Gasteiger partial charge on any atom is 0.123 e. The van der Waals surface area contributed by atoms with Gasteiger partial charge in [-0.3, -0.25) is 0 Å². The van der Waals surface area contributed by atoms with E-state index in [0.29, 0.717) is 23.7 Å². The second kappa shape index (κ2) is 15.0. The largest absolute Gasteiger partial charge is 0.507 e. The molecule has 58 heavy (non-hydrogen) atoms. The summed E-state index contributed by atoms with van der Waals surface area (Å²) in [4.78, 5) is 0. The predicted octanol–water partition coefficient (Wildman–Crippen LogP) is 15.2. The highest BCUT2D eigenvalue weighted by Gasteiger charge is 2.32. The van der Waals surface area contributed by atoms with Crippen LogP contribution in [-0.2, 0) is 38.9 Å². The maximum absolute atomic E-state index is 11.9. The molecule has 0 radical (unpaired) electrons. The molecule has 0 amide bonds. The SMILES string of the molecule is CC(C)(C)c1cc(-c2cc(-c3cc(C(C)(C)C)c(O)c(C(C)(C)C)c3)c(Cc3ccccc3)c(-c3cc(C(C)(C)C)c(O)c(C(C)(C)C)c3)c2)cc(C(C)(C)C)c1O. The van der Waals surface area contributed by atoms with Gasteiger partial charge >= 0.3 is 0 Å². The molecule has 5 aromatic carbocycles. The average Bonchev–Trinajstić information content (AvgIpc) is 3.06. The molecule has 3 heteroatoms. The molecular weight excluding hydrogens is 709 g/mol. The lowest BCUT2D eigenvalue weighted by atomic mass is 9.75. The first-order valence-electron chi connectivity index (χ1n) is 21.2. The van der Waals surface area contributed by atoms with Crippen molar-refractivity contribution < 1.29 is 15.3 Å². The minimum atomic E-state index is -0.319. The Bertz CT molecular complexity index is 2110. The Morgan fingerprint density at radius 1 is 0.328 bits per heavy atom. The van der Waals surface area contributed by atoms with Crippen LogP contribution in [-0.4, -0.2) is 15.3 Å². The van der Waals surface area contributed by atoms with Crippen molar-refractivity contribution in [3.05, 3.63) is 123 Å². The number of rotatable bonds is 5. The van der Waals surface area contributed by atoms with Gasteiger partial charge in [0.15, 0.2) is 0 Å². The van der Waals surface area contributed by atoms with Gasteiger partial charge in [-0.1, -0.05) is 155 Å². The van der Waals surface area contributed by atoms with Crippen molar-refractivity contribution in [3.8, 4) is 50.6 Å². The van der Waals surface area contributed by atoms with E-state index in [1.54, 1.807) is 0 Å². The van der Waals surface area contributed by atoms with Crippen LogP contribution in [0.3, 0.4) is 0 Å². The molecule has 5 aromatic rings. The maximum atomic E-state index is 11.9. The Labute approximate surface area is 351 Å². The lowest BCUT2D eigenvalue weighted by Crippen LogP contribution is -2.18. The first-order valence-corrected chi connectivity index (χ1v) is 21.2. The predicted molar refractivity (Wildman–Crippen MR) is 249 cm³/mol. The van der Waals surface area contributed by atoms with E-state index in [1.165, 1.54) is 11.1 Å². The number of aromatic hydroxyl groups is 3. The highest BCUT2D eigenvalue weighted by atomic mass is 16.3. The van der Waals surface area contributed by atoms with E-state index in [4.69, 9.17) is 0 Å². The highest BCUT2D eigenvalue weighted by Crippen LogP contribution is 2.49. The minimum absolute atomic E-state index is 0.306. The van der Waals surface area contributed by atoms with Gasteiger partial charge in [0, 0.05) is 33.4 Å². The summed E-state index contributed by atoms with van der Waals surface area (Å²) in [5, 5.41) is 35.7. The fourth-order valence-electron chi connectivity index (χ4n) is 8.16. The first-order chi connectivity index (χ1) is 26.3. The van der Waals surface area contributed by atoms with Crippen LogP contribution in [0.25, 0.3) is 33.4 Å². The van der Waals surface area contributed by atoms with Crippen LogP contribution in [0.4, 0.5) is 0 Å². The third-order valence-corrected chi connectivity index (χ3v) is 11.6. The normalized spacial score (nSPS) is 13.3. The Balaban J connectivity index is 2.09. The van der Waals surface area contributed by atoms with E-state index in [0.717, 1.165) is 66.8 Å². The smallest absolute Gasteiger partial charge is 0.123 e. The summed E-state index contributed by atoms with van der Waals surface area (Å²) < 4.78 is 0. The van der Waals surface area contributed by atoms with Crippen molar-refractivity contribution in [1.82, 2.24) is 0 Å². The van der Waals surface area contributed by atoms with Gasteiger partial charge in [-0.15, -0.1) is 0 Å². The van der Waals surface area contributed by atoms with Crippen molar-refractivity contribution >= 4 is 0 Å². The van der Waals surface area contributed by atoms with E-state index >= 15 is 0 Å². The summed E-state index contributed by atoms with van der Waals surface area (Å²) in [6.07, 6.45) is 0.676.